The maximum Gasteiger partial charge on any atom is 0.162 e. The number of H-pyrrole nitrogens is 1. The summed E-state index contributed by atoms with van der Waals surface area (Å²) in [6.45, 7) is 7.14. The quantitative estimate of drug-likeness (QED) is 0.849. The second-order valence-corrected chi connectivity index (χ2v) is 5.16. The summed E-state index contributed by atoms with van der Waals surface area (Å²) in [5.74, 6) is 1.62. The predicted molar refractivity (Wildman–Crippen MR) is 82.3 cm³/mol. The number of aromatic amines is 1. The minimum absolute atomic E-state index is 0.206. The molecule has 1 atom stereocenters. The molecule has 0 aliphatic carbocycles. The van der Waals surface area contributed by atoms with E-state index >= 15 is 0 Å². The van der Waals surface area contributed by atoms with Crippen molar-refractivity contribution in [2.45, 2.75) is 33.1 Å². The fourth-order valence-corrected chi connectivity index (χ4v) is 2.55. The topological polar surface area (TPSA) is 60.0 Å². The van der Waals surface area contributed by atoms with Crippen molar-refractivity contribution < 1.29 is 9.47 Å². The van der Waals surface area contributed by atoms with Crippen LogP contribution in [0.4, 0.5) is 0 Å². The molecule has 5 nitrogen and oxygen atoms in total. The highest BCUT2D eigenvalue weighted by Gasteiger charge is 2.17. The van der Waals surface area contributed by atoms with Gasteiger partial charge in [0.25, 0.3) is 0 Å². The molecule has 2 rings (SSSR count). The van der Waals surface area contributed by atoms with Gasteiger partial charge in [0.15, 0.2) is 11.5 Å². The molecule has 0 saturated heterocycles. The number of benzene rings is 1. The van der Waals surface area contributed by atoms with Crippen molar-refractivity contribution in [2.75, 3.05) is 13.2 Å². The number of hydrogen-bond acceptors (Lipinski definition) is 4. The van der Waals surface area contributed by atoms with E-state index in [0.29, 0.717) is 24.0 Å². The lowest BCUT2D eigenvalue weighted by molar-refractivity contribution is 0.287. The van der Waals surface area contributed by atoms with Crippen LogP contribution in [0, 0.1) is 0 Å². The lowest BCUT2D eigenvalue weighted by Crippen LogP contribution is -2.04. The molecule has 0 fully saturated rings. The number of halogens is 1. The van der Waals surface area contributed by atoms with E-state index < -0.39 is 0 Å². The Kier molecular flexibility index (Phi) is 5.44. The van der Waals surface area contributed by atoms with Crippen molar-refractivity contribution in [1.29, 1.82) is 0 Å². The van der Waals surface area contributed by atoms with E-state index in [0.717, 1.165) is 23.4 Å². The average Bonchev–Trinajstić information content (AvgIpc) is 2.95. The van der Waals surface area contributed by atoms with Crippen molar-refractivity contribution in [1.82, 2.24) is 15.4 Å². The fraction of sp³-hybridized carbons (Fsp3) is 0.467. The van der Waals surface area contributed by atoms with Crippen molar-refractivity contribution in [3.8, 4) is 11.5 Å². The van der Waals surface area contributed by atoms with E-state index in [9.17, 15) is 0 Å². The summed E-state index contributed by atoms with van der Waals surface area (Å²) in [5.41, 5.74) is 1.93. The first-order valence-corrected chi connectivity index (χ1v) is 7.47. The highest BCUT2D eigenvalue weighted by atomic mass is 35.5. The van der Waals surface area contributed by atoms with Crippen molar-refractivity contribution >= 4 is 11.6 Å². The Labute approximate surface area is 129 Å². The number of nitrogens with zero attached hydrogens (tertiary/aromatic N) is 2. The maximum atomic E-state index is 6.39. The van der Waals surface area contributed by atoms with Gasteiger partial charge in [0.05, 0.1) is 25.1 Å². The summed E-state index contributed by atoms with van der Waals surface area (Å²) < 4.78 is 11.2. The van der Waals surface area contributed by atoms with E-state index in [-0.39, 0.29) is 5.92 Å². The summed E-state index contributed by atoms with van der Waals surface area (Å²) in [7, 11) is 0. The number of aromatic nitrogens is 3. The lowest BCUT2D eigenvalue weighted by atomic mass is 9.96. The molecule has 0 saturated carbocycles. The molecule has 1 aromatic carbocycles. The molecule has 0 spiro atoms. The summed E-state index contributed by atoms with van der Waals surface area (Å²) in [6, 6.07) is 3.78. The molecule has 1 heterocycles. The van der Waals surface area contributed by atoms with Gasteiger partial charge in [-0.05, 0) is 37.8 Å². The molecule has 1 unspecified atom stereocenters. The van der Waals surface area contributed by atoms with Crippen LogP contribution < -0.4 is 9.47 Å². The Morgan fingerprint density at radius 1 is 1.19 bits per heavy atom. The average molecular weight is 310 g/mol. The van der Waals surface area contributed by atoms with E-state index in [2.05, 4.69) is 22.3 Å². The minimum atomic E-state index is 0.206. The SMILES string of the molecule is CCOc1cc(Cl)c(C(C)Cc2cn[nH]n2)cc1OCC. The van der Waals surface area contributed by atoms with Crippen molar-refractivity contribution in [2.24, 2.45) is 0 Å². The van der Waals surface area contributed by atoms with Crippen LogP contribution >= 0.6 is 11.6 Å². The molecule has 0 aliphatic rings. The van der Waals surface area contributed by atoms with Crippen LogP contribution in [0.1, 0.15) is 37.9 Å². The molecule has 114 valence electrons. The Hall–Kier alpha value is -1.75. The van der Waals surface area contributed by atoms with E-state index in [1.807, 2.05) is 26.0 Å². The molecular formula is C15H20ClN3O2. The van der Waals surface area contributed by atoms with E-state index in [1.165, 1.54) is 0 Å². The lowest BCUT2D eigenvalue weighted by Gasteiger charge is -2.17. The van der Waals surface area contributed by atoms with E-state index in [4.69, 9.17) is 21.1 Å². The van der Waals surface area contributed by atoms with Crippen LogP contribution in [-0.2, 0) is 6.42 Å². The van der Waals surface area contributed by atoms with Gasteiger partial charge in [0, 0.05) is 11.1 Å². The molecule has 1 N–H and O–H groups in total. The Bertz CT molecular complexity index is 573. The minimum Gasteiger partial charge on any atom is -0.490 e. The third kappa shape index (κ3) is 3.88. The van der Waals surface area contributed by atoms with Gasteiger partial charge in [-0.15, -0.1) is 0 Å². The first kappa shape index (κ1) is 15.6. The summed E-state index contributed by atoms with van der Waals surface area (Å²) in [5, 5.41) is 11.2. The fourth-order valence-electron chi connectivity index (χ4n) is 2.21. The number of rotatable bonds is 7. The first-order valence-electron chi connectivity index (χ1n) is 7.09. The monoisotopic (exact) mass is 309 g/mol. The molecular weight excluding hydrogens is 290 g/mol. The van der Waals surface area contributed by atoms with Crippen molar-refractivity contribution in [3.05, 3.63) is 34.6 Å². The molecule has 0 aliphatic heterocycles. The van der Waals surface area contributed by atoms with Crippen molar-refractivity contribution in [3.63, 3.8) is 0 Å². The molecule has 0 radical (unpaired) electrons. The second kappa shape index (κ2) is 7.31. The Balaban J connectivity index is 2.27. The summed E-state index contributed by atoms with van der Waals surface area (Å²) in [6.07, 6.45) is 2.48. The van der Waals surface area contributed by atoms with Gasteiger partial charge < -0.3 is 9.47 Å². The second-order valence-electron chi connectivity index (χ2n) is 4.75. The molecule has 0 bridgehead atoms. The maximum absolute atomic E-state index is 6.39. The Morgan fingerprint density at radius 2 is 1.86 bits per heavy atom. The summed E-state index contributed by atoms with van der Waals surface area (Å²) >= 11 is 6.39. The van der Waals surface area contributed by atoms with Crippen LogP contribution in [0.25, 0.3) is 0 Å². The van der Waals surface area contributed by atoms with Gasteiger partial charge >= 0.3 is 0 Å². The molecule has 0 amide bonds. The standard InChI is InChI=1S/C15H20ClN3O2/c1-4-20-14-7-12(13(16)8-15(14)21-5-2)10(3)6-11-9-17-19-18-11/h7-10H,4-6H2,1-3H3,(H,17,18,19). The van der Waals surface area contributed by atoms with Gasteiger partial charge in [0.1, 0.15) is 0 Å². The van der Waals surface area contributed by atoms with Crippen LogP contribution in [0.2, 0.25) is 5.02 Å². The summed E-state index contributed by atoms with van der Waals surface area (Å²) in [4.78, 5) is 0. The number of ether oxygens (including phenoxy) is 2. The normalized spacial score (nSPS) is 12.2. The Morgan fingerprint density at radius 3 is 2.43 bits per heavy atom. The largest absolute Gasteiger partial charge is 0.490 e. The third-order valence-electron chi connectivity index (χ3n) is 3.17. The van der Waals surface area contributed by atoms with Gasteiger partial charge in [0.2, 0.25) is 0 Å². The number of nitrogens with one attached hydrogen (secondary N) is 1. The highest BCUT2D eigenvalue weighted by Crippen LogP contribution is 2.37. The van der Waals surface area contributed by atoms with Gasteiger partial charge in [-0.25, -0.2) is 0 Å². The van der Waals surface area contributed by atoms with Gasteiger partial charge in [-0.1, -0.05) is 18.5 Å². The smallest absolute Gasteiger partial charge is 0.162 e. The molecule has 6 heteroatoms. The number of hydrogen-bond donors (Lipinski definition) is 1. The highest BCUT2D eigenvalue weighted by molar-refractivity contribution is 6.31. The zero-order chi connectivity index (χ0) is 15.2. The zero-order valence-electron chi connectivity index (χ0n) is 12.5. The van der Waals surface area contributed by atoms with Crippen LogP contribution in [-0.4, -0.2) is 28.6 Å². The van der Waals surface area contributed by atoms with Crippen LogP contribution in [0.15, 0.2) is 18.3 Å². The van der Waals surface area contributed by atoms with Gasteiger partial charge in [-0.3, -0.25) is 0 Å². The predicted octanol–water partition coefficient (Wildman–Crippen LogP) is 3.60. The van der Waals surface area contributed by atoms with Gasteiger partial charge in [-0.2, -0.15) is 15.4 Å². The van der Waals surface area contributed by atoms with Crippen LogP contribution in [0.5, 0.6) is 11.5 Å². The molecule has 2 aromatic rings. The van der Waals surface area contributed by atoms with E-state index in [1.54, 1.807) is 6.20 Å². The van der Waals surface area contributed by atoms with Crippen LogP contribution in [0.3, 0.4) is 0 Å². The molecule has 1 aromatic heterocycles. The third-order valence-corrected chi connectivity index (χ3v) is 3.50. The zero-order valence-corrected chi connectivity index (χ0v) is 13.3. The molecule has 21 heavy (non-hydrogen) atoms. The first-order chi connectivity index (χ1) is 10.2.